The van der Waals surface area contributed by atoms with Gasteiger partial charge in [0.05, 0.1) is 18.8 Å². The number of aromatic nitrogens is 1. The van der Waals surface area contributed by atoms with Crippen LogP contribution in [0.1, 0.15) is 25.1 Å². The average molecular weight is 474 g/mol. The number of rotatable bonds is 5. The molecule has 1 aromatic heterocycles. The Morgan fingerprint density at radius 3 is 2.58 bits per heavy atom. The summed E-state index contributed by atoms with van der Waals surface area (Å²) in [6.07, 6.45) is 1.81. The first-order valence-corrected chi connectivity index (χ1v) is 8.87. The monoisotopic (exact) mass is 474 g/mol. The molecular weight excluding hydrogens is 443 g/mol. The molecule has 0 bridgehead atoms. The van der Waals surface area contributed by atoms with Gasteiger partial charge in [0, 0.05) is 45.5 Å². The summed E-state index contributed by atoms with van der Waals surface area (Å²) >= 11 is 0. The summed E-state index contributed by atoms with van der Waals surface area (Å²) < 4.78 is 0. The van der Waals surface area contributed by atoms with Gasteiger partial charge in [-0.15, -0.1) is 24.0 Å². The van der Waals surface area contributed by atoms with Crippen molar-refractivity contribution >= 4 is 35.8 Å². The van der Waals surface area contributed by atoms with Crippen molar-refractivity contribution in [3.63, 3.8) is 0 Å². The number of amides is 1. The molecule has 2 rings (SSSR count). The van der Waals surface area contributed by atoms with E-state index in [1.54, 1.807) is 7.05 Å². The lowest BCUT2D eigenvalue weighted by molar-refractivity contribution is -0.123. The highest BCUT2D eigenvalue weighted by Crippen LogP contribution is 2.05. The lowest BCUT2D eigenvalue weighted by Gasteiger charge is -2.36. The van der Waals surface area contributed by atoms with Gasteiger partial charge in [0.15, 0.2) is 5.96 Å². The molecule has 0 spiro atoms. The topological polar surface area (TPSA) is 72.9 Å². The number of halogens is 1. The number of guanidine groups is 1. The maximum atomic E-state index is 11.9. The van der Waals surface area contributed by atoms with Crippen LogP contribution in [-0.4, -0.2) is 72.5 Å². The van der Waals surface area contributed by atoms with Gasteiger partial charge in [0.2, 0.25) is 5.91 Å². The number of hydrogen-bond acceptors (Lipinski definition) is 4. The lowest BCUT2D eigenvalue weighted by atomic mass is 10.2. The highest BCUT2D eigenvalue weighted by atomic mass is 127. The molecule has 146 valence electrons. The number of pyridine rings is 1. The van der Waals surface area contributed by atoms with E-state index in [4.69, 9.17) is 0 Å². The van der Waals surface area contributed by atoms with Crippen molar-refractivity contribution in [3.8, 4) is 0 Å². The fourth-order valence-corrected chi connectivity index (χ4v) is 2.89. The third kappa shape index (κ3) is 7.06. The highest BCUT2D eigenvalue weighted by Gasteiger charge is 2.21. The van der Waals surface area contributed by atoms with Gasteiger partial charge < -0.3 is 15.5 Å². The molecule has 1 amide bonds. The molecule has 7 nitrogen and oxygen atoms in total. The Bertz CT molecular complexity index is 599. The number of hydrogen-bond donors (Lipinski definition) is 2. The number of nitrogens with one attached hydrogen (secondary N) is 2. The van der Waals surface area contributed by atoms with Crippen LogP contribution in [0.25, 0.3) is 0 Å². The Hall–Kier alpha value is -1.42. The maximum absolute atomic E-state index is 11.9. The van der Waals surface area contributed by atoms with Crippen LogP contribution >= 0.6 is 24.0 Å². The van der Waals surface area contributed by atoms with E-state index in [1.165, 1.54) is 5.56 Å². The second kappa shape index (κ2) is 11.3. The Morgan fingerprint density at radius 2 is 2.00 bits per heavy atom. The van der Waals surface area contributed by atoms with Crippen molar-refractivity contribution in [2.75, 3.05) is 39.8 Å². The first kappa shape index (κ1) is 22.6. The molecule has 0 aromatic carbocycles. The number of aliphatic imine (C=N–C) groups is 1. The molecule has 1 aromatic rings. The molecule has 0 saturated carbocycles. The van der Waals surface area contributed by atoms with Gasteiger partial charge >= 0.3 is 0 Å². The van der Waals surface area contributed by atoms with Gasteiger partial charge in [-0.1, -0.05) is 6.07 Å². The van der Waals surface area contributed by atoms with Crippen LogP contribution in [0, 0.1) is 6.92 Å². The van der Waals surface area contributed by atoms with Gasteiger partial charge in [0.1, 0.15) is 0 Å². The van der Waals surface area contributed by atoms with E-state index >= 15 is 0 Å². The molecule has 0 atom stereocenters. The van der Waals surface area contributed by atoms with Crippen LogP contribution in [0.15, 0.2) is 23.3 Å². The van der Waals surface area contributed by atoms with Crippen molar-refractivity contribution < 1.29 is 4.79 Å². The number of nitrogens with zero attached hydrogens (tertiary/aromatic N) is 4. The predicted octanol–water partition coefficient (Wildman–Crippen LogP) is 1.23. The van der Waals surface area contributed by atoms with E-state index in [2.05, 4.69) is 43.4 Å². The third-order valence-electron chi connectivity index (χ3n) is 4.23. The molecule has 0 aliphatic carbocycles. The van der Waals surface area contributed by atoms with Crippen LogP contribution in [0.5, 0.6) is 0 Å². The minimum atomic E-state index is 0. The zero-order valence-electron chi connectivity index (χ0n) is 16.2. The smallest absolute Gasteiger partial charge is 0.234 e. The highest BCUT2D eigenvalue weighted by molar-refractivity contribution is 14.0. The maximum Gasteiger partial charge on any atom is 0.234 e. The molecular formula is C18H31IN6O. The van der Waals surface area contributed by atoms with Crippen LogP contribution in [0.4, 0.5) is 0 Å². The summed E-state index contributed by atoms with van der Waals surface area (Å²) in [4.78, 5) is 25.1. The van der Waals surface area contributed by atoms with E-state index in [1.807, 2.05) is 26.1 Å². The fraction of sp³-hybridized carbons (Fsp3) is 0.611. The average Bonchev–Trinajstić information content (AvgIpc) is 2.57. The molecule has 0 unspecified atom stereocenters. The van der Waals surface area contributed by atoms with Crippen molar-refractivity contribution in [1.82, 2.24) is 25.4 Å². The molecule has 0 radical (unpaired) electrons. The van der Waals surface area contributed by atoms with Crippen molar-refractivity contribution in [1.29, 1.82) is 0 Å². The summed E-state index contributed by atoms with van der Waals surface area (Å²) in [5, 5.41) is 6.34. The van der Waals surface area contributed by atoms with Crippen molar-refractivity contribution in [3.05, 3.63) is 29.6 Å². The van der Waals surface area contributed by atoms with Crippen LogP contribution < -0.4 is 10.6 Å². The molecule has 1 aliphatic rings. The van der Waals surface area contributed by atoms with Crippen LogP contribution in [-0.2, 0) is 11.3 Å². The Labute approximate surface area is 173 Å². The summed E-state index contributed by atoms with van der Waals surface area (Å²) in [6, 6.07) is 4.20. The quantitative estimate of drug-likeness (QED) is 0.382. The van der Waals surface area contributed by atoms with Crippen LogP contribution in [0.3, 0.4) is 0 Å². The summed E-state index contributed by atoms with van der Waals surface area (Å²) in [7, 11) is 1.80. The fourth-order valence-electron chi connectivity index (χ4n) is 2.89. The summed E-state index contributed by atoms with van der Waals surface area (Å²) in [5.41, 5.74) is 2.21. The molecule has 2 heterocycles. The number of piperazine rings is 1. The number of aryl methyl sites for hydroxylation is 1. The lowest BCUT2D eigenvalue weighted by Crippen LogP contribution is -2.54. The predicted molar refractivity (Wildman–Crippen MR) is 116 cm³/mol. The minimum absolute atomic E-state index is 0. The van der Waals surface area contributed by atoms with Gasteiger partial charge in [-0.3, -0.25) is 19.7 Å². The van der Waals surface area contributed by atoms with Gasteiger partial charge in [-0.2, -0.15) is 0 Å². The molecule has 1 saturated heterocycles. The Balaban J connectivity index is 0.00000338. The number of carbonyl (C=O) groups excluding carboxylic acids is 1. The first-order chi connectivity index (χ1) is 12.0. The van der Waals surface area contributed by atoms with E-state index in [9.17, 15) is 4.79 Å². The third-order valence-corrected chi connectivity index (χ3v) is 4.23. The zero-order valence-corrected chi connectivity index (χ0v) is 18.5. The van der Waals surface area contributed by atoms with Gasteiger partial charge in [0.25, 0.3) is 0 Å². The van der Waals surface area contributed by atoms with Crippen molar-refractivity contribution in [2.24, 2.45) is 4.99 Å². The molecule has 26 heavy (non-hydrogen) atoms. The SMILES string of the molecule is CN=C(NCc1ncccc1C)N1CCN(CC(=O)NC(C)C)CC1.I. The largest absolute Gasteiger partial charge is 0.353 e. The Morgan fingerprint density at radius 1 is 1.31 bits per heavy atom. The summed E-state index contributed by atoms with van der Waals surface area (Å²) in [5.74, 6) is 0.980. The molecule has 1 aliphatic heterocycles. The standard InChI is InChI=1S/C18H30N6O.HI/c1-14(2)22-17(25)13-23-8-10-24(11-9-23)18(19-4)21-12-16-15(3)6-5-7-20-16;/h5-7,14H,8-13H2,1-4H3,(H,19,21)(H,22,25);1H. The van der Waals surface area contributed by atoms with E-state index in [0.29, 0.717) is 13.1 Å². The zero-order chi connectivity index (χ0) is 18.2. The molecule has 8 heteroatoms. The van der Waals surface area contributed by atoms with Gasteiger partial charge in [-0.25, -0.2) is 0 Å². The second-order valence-corrected chi connectivity index (χ2v) is 6.65. The summed E-state index contributed by atoms with van der Waals surface area (Å²) in [6.45, 7) is 10.6. The first-order valence-electron chi connectivity index (χ1n) is 8.87. The normalized spacial score (nSPS) is 15.6. The minimum Gasteiger partial charge on any atom is -0.353 e. The van der Waals surface area contributed by atoms with Crippen LogP contribution in [0.2, 0.25) is 0 Å². The van der Waals surface area contributed by atoms with Gasteiger partial charge in [-0.05, 0) is 32.4 Å². The Kier molecular flexibility index (Phi) is 9.85. The molecule has 2 N–H and O–H groups in total. The van der Waals surface area contributed by atoms with Crippen molar-refractivity contribution in [2.45, 2.75) is 33.4 Å². The second-order valence-electron chi connectivity index (χ2n) is 6.65. The van der Waals surface area contributed by atoms with E-state index in [-0.39, 0.29) is 35.9 Å². The molecule has 1 fully saturated rings. The van der Waals surface area contributed by atoms with E-state index < -0.39 is 0 Å². The number of carbonyl (C=O) groups is 1. The van der Waals surface area contributed by atoms with E-state index in [0.717, 1.165) is 37.8 Å².